The minimum absolute atomic E-state index is 0.156. The van der Waals surface area contributed by atoms with Crippen molar-refractivity contribution in [2.45, 2.75) is 13.0 Å². The van der Waals surface area contributed by atoms with Gasteiger partial charge in [0, 0.05) is 18.8 Å². The lowest BCUT2D eigenvalue weighted by molar-refractivity contribution is -0.129. The van der Waals surface area contributed by atoms with Gasteiger partial charge in [-0.25, -0.2) is 0 Å². The fourth-order valence-electron chi connectivity index (χ4n) is 2.91. The van der Waals surface area contributed by atoms with E-state index in [0.717, 1.165) is 18.5 Å². The fourth-order valence-corrected chi connectivity index (χ4v) is 3.56. The highest BCUT2D eigenvalue weighted by Gasteiger charge is 2.21. The Morgan fingerprint density at radius 2 is 2.00 bits per heavy atom. The van der Waals surface area contributed by atoms with E-state index >= 15 is 0 Å². The fraction of sp³-hybridized carbons (Fsp3) is 0.263. The van der Waals surface area contributed by atoms with E-state index in [0.29, 0.717) is 28.6 Å². The largest absolute Gasteiger partial charge is 0.337 e. The first-order valence-electron chi connectivity index (χ1n) is 8.03. The number of rotatable bonds is 4. The molecule has 1 heterocycles. The Balaban J connectivity index is 1.75. The van der Waals surface area contributed by atoms with Crippen molar-refractivity contribution in [3.8, 4) is 0 Å². The van der Waals surface area contributed by atoms with Crippen LogP contribution in [0.1, 0.15) is 21.5 Å². The SMILES string of the molecule is CSCC(=O)N1CCc2ccc(NC(=O)c3ccccc3Cl)cc2C1. The summed E-state index contributed by atoms with van der Waals surface area (Å²) in [6.07, 6.45) is 2.77. The van der Waals surface area contributed by atoms with Crippen LogP contribution >= 0.6 is 23.4 Å². The maximum absolute atomic E-state index is 12.4. The Hall–Kier alpha value is -1.98. The maximum Gasteiger partial charge on any atom is 0.257 e. The van der Waals surface area contributed by atoms with Crippen molar-refractivity contribution in [3.63, 3.8) is 0 Å². The van der Waals surface area contributed by atoms with Gasteiger partial charge in [0.2, 0.25) is 5.91 Å². The van der Waals surface area contributed by atoms with Crippen LogP contribution in [0.15, 0.2) is 42.5 Å². The van der Waals surface area contributed by atoms with E-state index in [2.05, 4.69) is 5.32 Å². The van der Waals surface area contributed by atoms with Gasteiger partial charge < -0.3 is 10.2 Å². The molecule has 25 heavy (non-hydrogen) atoms. The molecule has 0 spiro atoms. The topological polar surface area (TPSA) is 49.4 Å². The summed E-state index contributed by atoms with van der Waals surface area (Å²) in [5, 5.41) is 3.31. The molecule has 0 saturated heterocycles. The lowest BCUT2D eigenvalue weighted by Gasteiger charge is -2.29. The Labute approximate surface area is 156 Å². The number of halogens is 1. The normalized spacial score (nSPS) is 13.3. The molecule has 0 unspecified atom stereocenters. The number of hydrogen-bond donors (Lipinski definition) is 1. The number of carbonyl (C=O) groups is 2. The first-order chi connectivity index (χ1) is 12.1. The lowest BCUT2D eigenvalue weighted by Crippen LogP contribution is -2.37. The number of hydrogen-bond acceptors (Lipinski definition) is 3. The number of nitrogens with one attached hydrogen (secondary N) is 1. The van der Waals surface area contributed by atoms with Crippen molar-refractivity contribution in [1.82, 2.24) is 4.90 Å². The zero-order chi connectivity index (χ0) is 17.8. The summed E-state index contributed by atoms with van der Waals surface area (Å²) in [6.45, 7) is 1.34. The molecule has 0 fully saturated rings. The highest BCUT2D eigenvalue weighted by Crippen LogP contribution is 2.24. The van der Waals surface area contributed by atoms with E-state index in [9.17, 15) is 9.59 Å². The average molecular weight is 375 g/mol. The molecule has 1 aliphatic heterocycles. The van der Waals surface area contributed by atoms with Gasteiger partial charge in [-0.15, -0.1) is 0 Å². The second-order valence-corrected chi connectivity index (χ2v) is 7.19. The quantitative estimate of drug-likeness (QED) is 0.884. The Bertz CT molecular complexity index is 810. The first kappa shape index (κ1) is 17.8. The van der Waals surface area contributed by atoms with Crippen LogP contribution in [-0.4, -0.2) is 35.3 Å². The number of carbonyl (C=O) groups excluding carboxylic acids is 2. The summed E-state index contributed by atoms with van der Waals surface area (Å²) in [5.41, 5.74) is 3.46. The van der Waals surface area contributed by atoms with Crippen LogP contribution in [-0.2, 0) is 17.8 Å². The molecule has 0 radical (unpaired) electrons. The number of nitrogens with zero attached hydrogens (tertiary/aromatic N) is 1. The van der Waals surface area contributed by atoms with E-state index < -0.39 is 0 Å². The monoisotopic (exact) mass is 374 g/mol. The van der Waals surface area contributed by atoms with Crippen LogP contribution in [0.3, 0.4) is 0 Å². The minimum atomic E-state index is -0.239. The van der Waals surface area contributed by atoms with Gasteiger partial charge in [-0.05, 0) is 48.1 Å². The van der Waals surface area contributed by atoms with Gasteiger partial charge >= 0.3 is 0 Å². The van der Waals surface area contributed by atoms with E-state index in [1.54, 1.807) is 24.3 Å². The van der Waals surface area contributed by atoms with Crippen molar-refractivity contribution >= 4 is 40.9 Å². The van der Waals surface area contributed by atoms with Crippen molar-refractivity contribution < 1.29 is 9.59 Å². The molecule has 4 nitrogen and oxygen atoms in total. The maximum atomic E-state index is 12.4. The molecule has 0 atom stereocenters. The third-order valence-corrected chi connectivity index (χ3v) is 5.08. The molecule has 0 bridgehead atoms. The van der Waals surface area contributed by atoms with Gasteiger partial charge in [0.25, 0.3) is 5.91 Å². The number of anilines is 1. The van der Waals surface area contributed by atoms with Crippen LogP contribution in [0, 0.1) is 0 Å². The second kappa shape index (κ2) is 7.93. The smallest absolute Gasteiger partial charge is 0.257 e. The summed E-state index contributed by atoms with van der Waals surface area (Å²) >= 11 is 7.61. The van der Waals surface area contributed by atoms with Crippen LogP contribution in [0.4, 0.5) is 5.69 Å². The first-order valence-corrected chi connectivity index (χ1v) is 9.80. The molecular formula is C19H19ClN2O2S. The van der Waals surface area contributed by atoms with Crippen molar-refractivity contribution in [2.24, 2.45) is 0 Å². The summed E-state index contributed by atoms with van der Waals surface area (Å²) in [4.78, 5) is 26.4. The predicted octanol–water partition coefficient (Wildman–Crippen LogP) is 3.84. The van der Waals surface area contributed by atoms with Crippen LogP contribution in [0.25, 0.3) is 0 Å². The van der Waals surface area contributed by atoms with E-state index in [1.807, 2.05) is 29.4 Å². The lowest BCUT2D eigenvalue weighted by atomic mass is 9.99. The summed E-state index contributed by atoms with van der Waals surface area (Å²) in [6, 6.07) is 12.8. The minimum Gasteiger partial charge on any atom is -0.337 e. The molecular weight excluding hydrogens is 356 g/mol. The third kappa shape index (κ3) is 4.17. The zero-order valence-corrected chi connectivity index (χ0v) is 15.5. The van der Waals surface area contributed by atoms with Gasteiger partial charge in [0.15, 0.2) is 0 Å². The standard InChI is InChI=1S/C19H19ClN2O2S/c1-25-12-18(23)22-9-8-13-6-7-15(10-14(13)11-22)21-19(24)16-4-2-3-5-17(16)20/h2-7,10H,8-9,11-12H2,1H3,(H,21,24). The molecule has 1 N–H and O–H groups in total. The molecule has 0 saturated carbocycles. The number of benzene rings is 2. The number of thioether (sulfide) groups is 1. The van der Waals surface area contributed by atoms with Crippen molar-refractivity contribution in [1.29, 1.82) is 0 Å². The number of fused-ring (bicyclic) bond motifs is 1. The van der Waals surface area contributed by atoms with Crippen LogP contribution in [0.2, 0.25) is 5.02 Å². The summed E-state index contributed by atoms with van der Waals surface area (Å²) in [7, 11) is 0. The molecule has 1 aliphatic rings. The highest BCUT2D eigenvalue weighted by atomic mass is 35.5. The number of amides is 2. The molecule has 3 rings (SSSR count). The zero-order valence-electron chi connectivity index (χ0n) is 13.9. The Morgan fingerprint density at radius 3 is 2.76 bits per heavy atom. The third-order valence-electron chi connectivity index (χ3n) is 4.22. The van der Waals surface area contributed by atoms with Gasteiger partial charge in [0.1, 0.15) is 0 Å². The summed E-state index contributed by atoms with van der Waals surface area (Å²) < 4.78 is 0. The molecule has 2 aromatic rings. The summed E-state index contributed by atoms with van der Waals surface area (Å²) in [5.74, 6) is 0.415. The van der Waals surface area contributed by atoms with Crippen molar-refractivity contribution in [3.05, 3.63) is 64.2 Å². The molecule has 2 aromatic carbocycles. The van der Waals surface area contributed by atoms with E-state index in [1.165, 1.54) is 17.3 Å². The molecule has 2 amide bonds. The second-order valence-electron chi connectivity index (χ2n) is 5.92. The van der Waals surface area contributed by atoms with Gasteiger partial charge in [-0.3, -0.25) is 9.59 Å². The highest BCUT2D eigenvalue weighted by molar-refractivity contribution is 7.99. The Morgan fingerprint density at radius 1 is 1.20 bits per heavy atom. The van der Waals surface area contributed by atoms with Gasteiger partial charge in [0.05, 0.1) is 16.3 Å². The van der Waals surface area contributed by atoms with Crippen LogP contribution < -0.4 is 5.32 Å². The van der Waals surface area contributed by atoms with Gasteiger partial charge in [-0.2, -0.15) is 11.8 Å². The Kier molecular flexibility index (Phi) is 5.66. The van der Waals surface area contributed by atoms with Crippen LogP contribution in [0.5, 0.6) is 0 Å². The van der Waals surface area contributed by atoms with E-state index in [-0.39, 0.29) is 11.8 Å². The predicted molar refractivity (Wildman–Crippen MR) is 103 cm³/mol. The molecule has 6 heteroatoms. The van der Waals surface area contributed by atoms with E-state index in [4.69, 9.17) is 11.6 Å². The molecule has 0 aromatic heterocycles. The average Bonchev–Trinajstić information content (AvgIpc) is 2.61. The molecule has 130 valence electrons. The molecule has 0 aliphatic carbocycles. The van der Waals surface area contributed by atoms with Gasteiger partial charge in [-0.1, -0.05) is 29.8 Å². The van der Waals surface area contributed by atoms with Crippen molar-refractivity contribution in [2.75, 3.05) is 23.9 Å².